The second kappa shape index (κ2) is 8.21. The van der Waals surface area contributed by atoms with E-state index in [0.29, 0.717) is 6.61 Å². The maximum Gasteiger partial charge on any atom is 0.137 e. The average molecular weight is 373 g/mol. The number of H-pyrrole nitrogens is 1. The van der Waals surface area contributed by atoms with Crippen molar-refractivity contribution < 1.29 is 4.84 Å². The number of aromatic amines is 1. The quantitative estimate of drug-likeness (QED) is 0.375. The number of likely N-dealkylation sites (N-methyl/N-ethyl adjacent to an activating group) is 1. The predicted octanol–water partition coefficient (Wildman–Crippen LogP) is 4.20. The molecule has 6 heteroatoms. The number of pyridine rings is 2. The Morgan fingerprint density at radius 1 is 1.04 bits per heavy atom. The van der Waals surface area contributed by atoms with Crippen molar-refractivity contribution in [1.82, 2.24) is 19.9 Å². The molecule has 6 nitrogen and oxygen atoms in total. The number of anilines is 1. The summed E-state index contributed by atoms with van der Waals surface area (Å²) in [5.41, 5.74) is 9.18. The Hall–Kier alpha value is -3.22. The Balaban J connectivity index is 1.60. The van der Waals surface area contributed by atoms with Crippen molar-refractivity contribution in [3.05, 3.63) is 67.3 Å². The first-order valence-corrected chi connectivity index (χ1v) is 9.21. The van der Waals surface area contributed by atoms with Crippen LogP contribution in [0.3, 0.4) is 0 Å². The molecule has 0 saturated carbocycles. The lowest BCUT2D eigenvalue weighted by Gasteiger charge is -2.12. The van der Waals surface area contributed by atoms with Crippen molar-refractivity contribution in [3.8, 4) is 22.3 Å². The van der Waals surface area contributed by atoms with Gasteiger partial charge < -0.3 is 9.88 Å². The molecule has 0 aliphatic carbocycles. The Morgan fingerprint density at radius 2 is 1.89 bits per heavy atom. The third-order valence-electron chi connectivity index (χ3n) is 4.55. The van der Waals surface area contributed by atoms with E-state index in [1.54, 1.807) is 12.4 Å². The minimum Gasteiger partial charge on any atom is -0.346 e. The highest BCUT2D eigenvalue weighted by molar-refractivity contribution is 5.95. The van der Waals surface area contributed by atoms with Crippen molar-refractivity contribution in [2.75, 3.05) is 32.7 Å². The van der Waals surface area contributed by atoms with Crippen LogP contribution in [0.5, 0.6) is 0 Å². The standard InChI is InChI=1S/C22H23N5O/c1-27(2)10-11-28-26-19-5-3-4-17(12-19)18-13-20-21(15-25-22(20)24-14-18)16-6-8-23-9-7-16/h3-9,12-15,26H,10-11H2,1-2H3,(H,24,25). The Labute approximate surface area is 164 Å². The Bertz CT molecular complexity index is 1060. The van der Waals surface area contributed by atoms with Crippen LogP contribution < -0.4 is 5.48 Å². The fourth-order valence-electron chi connectivity index (χ4n) is 3.06. The van der Waals surface area contributed by atoms with E-state index < -0.39 is 0 Å². The van der Waals surface area contributed by atoms with E-state index in [1.807, 2.05) is 50.8 Å². The molecule has 3 aromatic heterocycles. The van der Waals surface area contributed by atoms with Gasteiger partial charge in [0.25, 0.3) is 0 Å². The first kappa shape index (κ1) is 18.2. The molecule has 142 valence electrons. The number of fused-ring (bicyclic) bond motifs is 1. The zero-order valence-electron chi connectivity index (χ0n) is 16.0. The molecule has 0 aliphatic rings. The second-order valence-corrected chi connectivity index (χ2v) is 6.89. The molecule has 0 atom stereocenters. The molecule has 0 bridgehead atoms. The van der Waals surface area contributed by atoms with Crippen LogP contribution in [0.15, 0.2) is 67.3 Å². The summed E-state index contributed by atoms with van der Waals surface area (Å²) >= 11 is 0. The van der Waals surface area contributed by atoms with Crippen LogP contribution in [0.4, 0.5) is 5.69 Å². The van der Waals surface area contributed by atoms with Gasteiger partial charge in [0.1, 0.15) is 5.65 Å². The zero-order valence-corrected chi connectivity index (χ0v) is 16.0. The van der Waals surface area contributed by atoms with E-state index in [4.69, 9.17) is 4.84 Å². The SMILES string of the molecule is CN(C)CCONc1cccc(-c2cnc3[nH]cc(-c4ccncc4)c3c2)c1. The lowest BCUT2D eigenvalue weighted by molar-refractivity contribution is 0.168. The third kappa shape index (κ3) is 4.03. The van der Waals surface area contributed by atoms with Gasteiger partial charge in [0.15, 0.2) is 0 Å². The highest BCUT2D eigenvalue weighted by Gasteiger charge is 2.09. The maximum absolute atomic E-state index is 5.54. The normalized spacial score (nSPS) is 11.2. The molecule has 0 saturated heterocycles. The fraction of sp³-hybridized carbons (Fsp3) is 0.182. The Kier molecular flexibility index (Phi) is 5.32. The summed E-state index contributed by atoms with van der Waals surface area (Å²) < 4.78 is 0. The number of hydrogen-bond acceptors (Lipinski definition) is 5. The average Bonchev–Trinajstić information content (AvgIpc) is 3.15. The van der Waals surface area contributed by atoms with Crippen molar-refractivity contribution in [3.63, 3.8) is 0 Å². The van der Waals surface area contributed by atoms with Crippen LogP contribution in [0.1, 0.15) is 0 Å². The molecule has 0 radical (unpaired) electrons. The highest BCUT2D eigenvalue weighted by atomic mass is 16.6. The van der Waals surface area contributed by atoms with Gasteiger partial charge in [-0.25, -0.2) is 4.98 Å². The first-order chi connectivity index (χ1) is 13.7. The molecule has 0 amide bonds. The van der Waals surface area contributed by atoms with Gasteiger partial charge in [-0.1, -0.05) is 12.1 Å². The van der Waals surface area contributed by atoms with E-state index in [1.165, 1.54) is 0 Å². The molecule has 3 heterocycles. The van der Waals surface area contributed by atoms with E-state index in [9.17, 15) is 0 Å². The summed E-state index contributed by atoms with van der Waals surface area (Å²) in [6.07, 6.45) is 7.49. The summed E-state index contributed by atoms with van der Waals surface area (Å²) in [5.74, 6) is 0. The van der Waals surface area contributed by atoms with Gasteiger partial charge in [-0.15, -0.1) is 0 Å². The topological polar surface area (TPSA) is 66.1 Å². The zero-order chi connectivity index (χ0) is 19.3. The van der Waals surface area contributed by atoms with Crippen LogP contribution in [0.25, 0.3) is 33.3 Å². The maximum atomic E-state index is 5.54. The lowest BCUT2D eigenvalue weighted by Crippen LogP contribution is -2.19. The molecule has 4 rings (SSSR count). The second-order valence-electron chi connectivity index (χ2n) is 6.89. The van der Waals surface area contributed by atoms with E-state index in [0.717, 1.165) is 45.5 Å². The molecule has 0 unspecified atom stereocenters. The lowest BCUT2D eigenvalue weighted by atomic mass is 10.0. The summed E-state index contributed by atoms with van der Waals surface area (Å²) in [6, 6.07) is 14.3. The number of rotatable bonds is 7. The molecule has 4 aromatic rings. The van der Waals surface area contributed by atoms with Gasteiger partial charge >= 0.3 is 0 Å². The minimum absolute atomic E-state index is 0.614. The number of nitrogens with zero attached hydrogens (tertiary/aromatic N) is 3. The van der Waals surface area contributed by atoms with Gasteiger partial charge in [-0.2, -0.15) is 0 Å². The fourth-order valence-corrected chi connectivity index (χ4v) is 3.06. The predicted molar refractivity (Wildman–Crippen MR) is 113 cm³/mol. The number of hydrogen-bond donors (Lipinski definition) is 2. The van der Waals surface area contributed by atoms with Crippen molar-refractivity contribution >= 4 is 16.7 Å². The van der Waals surface area contributed by atoms with Crippen LogP contribution in [0, 0.1) is 0 Å². The van der Waals surface area contributed by atoms with Crippen molar-refractivity contribution in [1.29, 1.82) is 0 Å². The van der Waals surface area contributed by atoms with Gasteiger partial charge in [-0.05, 0) is 55.6 Å². The van der Waals surface area contributed by atoms with Gasteiger partial charge in [0.2, 0.25) is 0 Å². The smallest absolute Gasteiger partial charge is 0.137 e. The monoisotopic (exact) mass is 373 g/mol. The van der Waals surface area contributed by atoms with Crippen molar-refractivity contribution in [2.24, 2.45) is 0 Å². The van der Waals surface area contributed by atoms with Crippen LogP contribution >= 0.6 is 0 Å². The largest absolute Gasteiger partial charge is 0.346 e. The number of benzene rings is 1. The minimum atomic E-state index is 0.614. The number of nitrogens with one attached hydrogen (secondary N) is 2. The van der Waals surface area contributed by atoms with Gasteiger partial charge in [-0.3, -0.25) is 15.3 Å². The first-order valence-electron chi connectivity index (χ1n) is 9.21. The molecule has 28 heavy (non-hydrogen) atoms. The van der Waals surface area contributed by atoms with E-state index >= 15 is 0 Å². The third-order valence-corrected chi connectivity index (χ3v) is 4.55. The molecular formula is C22H23N5O. The molecule has 0 fully saturated rings. The van der Waals surface area contributed by atoms with Crippen LogP contribution in [-0.2, 0) is 4.84 Å². The van der Waals surface area contributed by atoms with Crippen LogP contribution in [0.2, 0.25) is 0 Å². The van der Waals surface area contributed by atoms with E-state index in [2.05, 4.69) is 43.5 Å². The highest BCUT2D eigenvalue weighted by Crippen LogP contribution is 2.31. The molecular weight excluding hydrogens is 350 g/mol. The molecule has 0 aliphatic heterocycles. The van der Waals surface area contributed by atoms with Gasteiger partial charge in [0.05, 0.1) is 12.3 Å². The summed E-state index contributed by atoms with van der Waals surface area (Å²) in [5, 5.41) is 1.09. The molecule has 0 spiro atoms. The number of aromatic nitrogens is 3. The van der Waals surface area contributed by atoms with E-state index in [-0.39, 0.29) is 0 Å². The van der Waals surface area contributed by atoms with Gasteiger partial charge in [0, 0.05) is 47.8 Å². The summed E-state index contributed by atoms with van der Waals surface area (Å²) in [6.45, 7) is 1.47. The van der Waals surface area contributed by atoms with Crippen molar-refractivity contribution in [2.45, 2.75) is 0 Å². The molecule has 1 aromatic carbocycles. The summed E-state index contributed by atoms with van der Waals surface area (Å²) in [7, 11) is 4.04. The molecule has 2 N–H and O–H groups in total. The van der Waals surface area contributed by atoms with Crippen LogP contribution in [-0.4, -0.2) is 47.1 Å². The summed E-state index contributed by atoms with van der Waals surface area (Å²) in [4.78, 5) is 19.6. The Morgan fingerprint density at radius 3 is 2.71 bits per heavy atom.